The van der Waals surface area contributed by atoms with Crippen molar-refractivity contribution in [1.29, 1.82) is 0 Å². The Labute approximate surface area is 144 Å². The molecule has 0 radical (unpaired) electrons. The summed E-state index contributed by atoms with van der Waals surface area (Å²) in [4.78, 5) is 32.3. The van der Waals surface area contributed by atoms with Crippen LogP contribution in [0.2, 0.25) is 0 Å². The molecule has 1 aromatic carbocycles. The number of hydrogen-bond donors (Lipinski definition) is 2. The highest BCUT2D eigenvalue weighted by molar-refractivity contribution is 6.07. The number of carbonyl (C=O) groups excluding carboxylic acids is 2. The summed E-state index contributed by atoms with van der Waals surface area (Å²) in [5, 5.41) is 6.14. The van der Waals surface area contributed by atoms with Crippen LogP contribution in [-0.4, -0.2) is 28.9 Å². The van der Waals surface area contributed by atoms with Gasteiger partial charge in [0, 0.05) is 17.6 Å². The SMILES string of the molecule is COc1ccnc(NC(=O)CC(=O)Nc2ccc3ccccc3n2)c1. The summed E-state index contributed by atoms with van der Waals surface area (Å²) in [5.41, 5.74) is 0.769. The van der Waals surface area contributed by atoms with Crippen LogP contribution < -0.4 is 15.4 Å². The van der Waals surface area contributed by atoms with Gasteiger partial charge >= 0.3 is 0 Å². The summed E-state index contributed by atoms with van der Waals surface area (Å²) < 4.78 is 5.05. The molecule has 0 unspecified atom stereocenters. The maximum atomic E-state index is 12.0. The first-order chi connectivity index (χ1) is 12.1. The Hall–Kier alpha value is -3.48. The molecule has 0 aliphatic carbocycles. The van der Waals surface area contributed by atoms with E-state index in [-0.39, 0.29) is 6.42 Å². The van der Waals surface area contributed by atoms with E-state index in [2.05, 4.69) is 20.6 Å². The number of amides is 2. The number of fused-ring (bicyclic) bond motifs is 1. The summed E-state index contributed by atoms with van der Waals surface area (Å²) >= 11 is 0. The lowest BCUT2D eigenvalue weighted by Gasteiger charge is -2.07. The molecule has 0 atom stereocenters. The third-order valence-corrected chi connectivity index (χ3v) is 3.42. The third-order valence-electron chi connectivity index (χ3n) is 3.42. The van der Waals surface area contributed by atoms with Gasteiger partial charge in [-0.2, -0.15) is 0 Å². The normalized spacial score (nSPS) is 10.3. The van der Waals surface area contributed by atoms with Gasteiger partial charge in [-0.05, 0) is 24.3 Å². The molecule has 0 fully saturated rings. The molecular weight excluding hydrogens is 320 g/mol. The fourth-order valence-electron chi connectivity index (χ4n) is 2.26. The van der Waals surface area contributed by atoms with E-state index in [0.29, 0.717) is 17.4 Å². The lowest BCUT2D eigenvalue weighted by Crippen LogP contribution is -2.22. The van der Waals surface area contributed by atoms with Crippen molar-refractivity contribution in [1.82, 2.24) is 9.97 Å². The van der Waals surface area contributed by atoms with Crippen molar-refractivity contribution in [2.24, 2.45) is 0 Å². The number of methoxy groups -OCH3 is 1. The molecule has 0 aliphatic rings. The van der Waals surface area contributed by atoms with E-state index in [1.807, 2.05) is 30.3 Å². The van der Waals surface area contributed by atoms with Crippen LogP contribution in [0, 0.1) is 0 Å². The molecule has 0 saturated heterocycles. The zero-order valence-corrected chi connectivity index (χ0v) is 13.5. The number of rotatable bonds is 5. The monoisotopic (exact) mass is 336 g/mol. The van der Waals surface area contributed by atoms with Crippen molar-refractivity contribution in [2.45, 2.75) is 6.42 Å². The van der Waals surface area contributed by atoms with E-state index in [1.54, 1.807) is 18.2 Å². The van der Waals surface area contributed by atoms with Gasteiger partial charge in [0.25, 0.3) is 0 Å². The van der Waals surface area contributed by atoms with Crippen molar-refractivity contribution in [3.63, 3.8) is 0 Å². The van der Waals surface area contributed by atoms with E-state index in [9.17, 15) is 9.59 Å². The Bertz CT molecular complexity index is 927. The van der Waals surface area contributed by atoms with Gasteiger partial charge in [-0.1, -0.05) is 18.2 Å². The number of nitrogens with one attached hydrogen (secondary N) is 2. The van der Waals surface area contributed by atoms with Crippen molar-refractivity contribution < 1.29 is 14.3 Å². The lowest BCUT2D eigenvalue weighted by atomic mass is 10.2. The van der Waals surface area contributed by atoms with E-state index in [0.717, 1.165) is 10.9 Å². The Morgan fingerprint density at radius 3 is 2.56 bits per heavy atom. The van der Waals surface area contributed by atoms with Crippen molar-refractivity contribution in [3.8, 4) is 5.75 Å². The number of pyridine rings is 2. The Balaban J connectivity index is 1.60. The van der Waals surface area contributed by atoms with Crippen LogP contribution in [0.25, 0.3) is 10.9 Å². The van der Waals surface area contributed by atoms with Crippen LogP contribution in [-0.2, 0) is 9.59 Å². The first-order valence-corrected chi connectivity index (χ1v) is 7.59. The number of aromatic nitrogens is 2. The fourth-order valence-corrected chi connectivity index (χ4v) is 2.26. The summed E-state index contributed by atoms with van der Waals surface area (Å²) in [6.07, 6.45) is 1.17. The molecule has 2 heterocycles. The zero-order valence-electron chi connectivity index (χ0n) is 13.5. The lowest BCUT2D eigenvalue weighted by molar-refractivity contribution is -0.123. The summed E-state index contributed by atoms with van der Waals surface area (Å²) in [6, 6.07) is 14.4. The number of benzene rings is 1. The molecule has 7 nitrogen and oxygen atoms in total. The highest BCUT2D eigenvalue weighted by Crippen LogP contribution is 2.15. The number of ether oxygens (including phenoxy) is 1. The molecule has 0 bridgehead atoms. The van der Waals surface area contributed by atoms with Crippen LogP contribution >= 0.6 is 0 Å². The second-order valence-corrected chi connectivity index (χ2v) is 5.24. The van der Waals surface area contributed by atoms with Crippen molar-refractivity contribution in [2.75, 3.05) is 17.7 Å². The molecule has 7 heteroatoms. The van der Waals surface area contributed by atoms with Crippen LogP contribution in [0.5, 0.6) is 5.75 Å². The zero-order chi connectivity index (χ0) is 17.6. The molecule has 0 aliphatic heterocycles. The molecule has 3 aromatic rings. The molecule has 2 N–H and O–H groups in total. The topological polar surface area (TPSA) is 93.2 Å². The average Bonchev–Trinajstić information content (AvgIpc) is 2.61. The Morgan fingerprint density at radius 1 is 1.00 bits per heavy atom. The number of nitrogens with zero attached hydrogens (tertiary/aromatic N) is 2. The molecule has 25 heavy (non-hydrogen) atoms. The van der Waals surface area contributed by atoms with Crippen LogP contribution in [0.4, 0.5) is 11.6 Å². The van der Waals surface area contributed by atoms with E-state index >= 15 is 0 Å². The Kier molecular flexibility index (Phi) is 4.84. The van der Waals surface area contributed by atoms with Crippen LogP contribution in [0.3, 0.4) is 0 Å². The van der Waals surface area contributed by atoms with Crippen molar-refractivity contribution >= 4 is 34.4 Å². The highest BCUT2D eigenvalue weighted by Gasteiger charge is 2.11. The molecular formula is C18H16N4O3. The number of hydrogen-bond acceptors (Lipinski definition) is 5. The average molecular weight is 336 g/mol. The molecule has 126 valence electrons. The smallest absolute Gasteiger partial charge is 0.234 e. The van der Waals surface area contributed by atoms with Gasteiger partial charge < -0.3 is 15.4 Å². The van der Waals surface area contributed by atoms with Gasteiger partial charge in [-0.25, -0.2) is 9.97 Å². The summed E-state index contributed by atoms with van der Waals surface area (Å²) in [6.45, 7) is 0. The predicted octanol–water partition coefficient (Wildman–Crippen LogP) is 2.61. The van der Waals surface area contributed by atoms with E-state index in [1.165, 1.54) is 13.3 Å². The number of carbonyl (C=O) groups is 2. The van der Waals surface area contributed by atoms with E-state index < -0.39 is 11.8 Å². The fraction of sp³-hybridized carbons (Fsp3) is 0.111. The molecule has 0 saturated carbocycles. The van der Waals surface area contributed by atoms with Crippen LogP contribution in [0.1, 0.15) is 6.42 Å². The molecule has 2 aromatic heterocycles. The summed E-state index contributed by atoms with van der Waals surface area (Å²) in [7, 11) is 1.52. The van der Waals surface area contributed by atoms with Gasteiger partial charge in [0.15, 0.2) is 0 Å². The quantitative estimate of drug-likeness (QED) is 0.699. The minimum Gasteiger partial charge on any atom is -0.497 e. The van der Waals surface area contributed by atoms with Gasteiger partial charge in [-0.3, -0.25) is 9.59 Å². The molecule has 2 amide bonds. The first kappa shape index (κ1) is 16.4. The minimum atomic E-state index is -0.473. The van der Waals surface area contributed by atoms with Crippen LogP contribution in [0.15, 0.2) is 54.7 Å². The Morgan fingerprint density at radius 2 is 1.76 bits per heavy atom. The maximum Gasteiger partial charge on any atom is 0.234 e. The van der Waals surface area contributed by atoms with E-state index in [4.69, 9.17) is 4.74 Å². The van der Waals surface area contributed by atoms with Gasteiger partial charge in [0.2, 0.25) is 11.8 Å². The molecule has 0 spiro atoms. The van der Waals surface area contributed by atoms with Gasteiger partial charge in [0.05, 0.1) is 12.6 Å². The number of anilines is 2. The minimum absolute atomic E-state index is 0.320. The maximum absolute atomic E-state index is 12.0. The second-order valence-electron chi connectivity index (χ2n) is 5.24. The summed E-state index contributed by atoms with van der Waals surface area (Å²) in [5.74, 6) is 0.356. The standard InChI is InChI=1S/C18H16N4O3/c1-25-13-8-9-19-16(10-13)22-18(24)11-17(23)21-15-7-6-12-4-2-3-5-14(12)20-15/h2-10H,11H2,1H3,(H,19,22,24)(H,20,21,23). The van der Waals surface area contributed by atoms with Crippen molar-refractivity contribution in [3.05, 3.63) is 54.7 Å². The second kappa shape index (κ2) is 7.39. The van der Waals surface area contributed by atoms with Gasteiger partial charge in [-0.15, -0.1) is 0 Å². The number of para-hydroxylation sites is 1. The highest BCUT2D eigenvalue weighted by atomic mass is 16.5. The van der Waals surface area contributed by atoms with Gasteiger partial charge in [0.1, 0.15) is 23.8 Å². The third kappa shape index (κ3) is 4.29. The molecule has 3 rings (SSSR count). The largest absolute Gasteiger partial charge is 0.497 e. The first-order valence-electron chi connectivity index (χ1n) is 7.59. The predicted molar refractivity (Wildman–Crippen MR) is 94.4 cm³/mol.